The highest BCUT2D eigenvalue weighted by molar-refractivity contribution is 9.10. The van der Waals surface area contributed by atoms with Gasteiger partial charge in [-0.15, -0.1) is 0 Å². The number of nitrogens with one attached hydrogen (secondary N) is 1. The van der Waals surface area contributed by atoms with Crippen LogP contribution in [0, 0.1) is 0 Å². The van der Waals surface area contributed by atoms with Crippen molar-refractivity contribution in [1.29, 1.82) is 0 Å². The molecular formula is C22H24BrN3O2. The highest BCUT2D eigenvalue weighted by Gasteiger charge is 2.28. The molecule has 0 spiro atoms. The highest BCUT2D eigenvalue weighted by atomic mass is 79.9. The molecule has 2 aromatic carbocycles. The predicted molar refractivity (Wildman–Crippen MR) is 118 cm³/mol. The molecule has 0 atom stereocenters. The number of carbonyl (C=O) groups is 1. The van der Waals surface area contributed by atoms with Gasteiger partial charge in [0.1, 0.15) is 5.75 Å². The lowest BCUT2D eigenvalue weighted by atomic mass is 9.89. The Balaban J connectivity index is 1.60. The van der Waals surface area contributed by atoms with Crippen LogP contribution in [0.4, 0.5) is 5.69 Å². The summed E-state index contributed by atoms with van der Waals surface area (Å²) in [6.07, 6.45) is 3.91. The monoisotopic (exact) mass is 441 g/mol. The SMILES string of the molecule is CC1=CC(C)(C)N(C)c2ccc(/C=N\NC(=O)COc3ccc(Br)cc3)cc21. The van der Waals surface area contributed by atoms with Gasteiger partial charge in [-0.3, -0.25) is 4.79 Å². The van der Waals surface area contributed by atoms with Gasteiger partial charge in [0.15, 0.2) is 6.61 Å². The Morgan fingerprint density at radius 3 is 2.68 bits per heavy atom. The summed E-state index contributed by atoms with van der Waals surface area (Å²) in [5.74, 6) is 0.320. The topological polar surface area (TPSA) is 53.9 Å². The normalized spacial score (nSPS) is 15.2. The molecule has 1 aliphatic heterocycles. The molecule has 3 rings (SSSR count). The number of hydrazone groups is 1. The van der Waals surface area contributed by atoms with Crippen molar-refractivity contribution in [3.8, 4) is 5.75 Å². The number of halogens is 1. The third-order valence-electron chi connectivity index (χ3n) is 4.83. The van der Waals surface area contributed by atoms with E-state index in [1.807, 2.05) is 18.2 Å². The molecule has 2 aromatic rings. The van der Waals surface area contributed by atoms with Crippen molar-refractivity contribution in [3.63, 3.8) is 0 Å². The first kappa shape index (κ1) is 20.1. The predicted octanol–water partition coefficient (Wildman–Crippen LogP) is 4.61. The first-order chi connectivity index (χ1) is 13.3. The van der Waals surface area contributed by atoms with Crippen molar-refractivity contribution in [3.05, 3.63) is 64.1 Å². The summed E-state index contributed by atoms with van der Waals surface area (Å²) in [6, 6.07) is 13.5. The van der Waals surface area contributed by atoms with Crippen LogP contribution in [0.3, 0.4) is 0 Å². The zero-order valence-electron chi connectivity index (χ0n) is 16.5. The maximum absolute atomic E-state index is 11.9. The Kier molecular flexibility index (Phi) is 5.89. The molecule has 0 fully saturated rings. The van der Waals surface area contributed by atoms with Crippen molar-refractivity contribution in [2.45, 2.75) is 26.3 Å². The summed E-state index contributed by atoms with van der Waals surface area (Å²) < 4.78 is 6.38. The van der Waals surface area contributed by atoms with Crippen LogP contribution in [0.25, 0.3) is 5.57 Å². The molecule has 1 aliphatic rings. The average Bonchev–Trinajstić information content (AvgIpc) is 2.65. The maximum Gasteiger partial charge on any atom is 0.277 e. The standard InChI is InChI=1S/C22H24BrN3O2/c1-15-12-22(2,3)26(4)20-10-5-16(11-19(15)20)13-24-25-21(27)14-28-18-8-6-17(23)7-9-18/h5-13H,14H2,1-4H3,(H,25,27)/b24-13-. The second kappa shape index (κ2) is 8.19. The molecule has 1 heterocycles. The number of anilines is 1. The minimum Gasteiger partial charge on any atom is -0.484 e. The smallest absolute Gasteiger partial charge is 0.277 e. The third-order valence-corrected chi connectivity index (χ3v) is 5.36. The van der Waals surface area contributed by atoms with Gasteiger partial charge in [-0.1, -0.05) is 28.1 Å². The molecule has 0 aromatic heterocycles. The fourth-order valence-corrected chi connectivity index (χ4v) is 3.41. The molecule has 0 saturated heterocycles. The van der Waals surface area contributed by atoms with E-state index in [-0.39, 0.29) is 18.1 Å². The summed E-state index contributed by atoms with van der Waals surface area (Å²) in [7, 11) is 2.10. The third kappa shape index (κ3) is 4.62. The molecule has 0 radical (unpaired) electrons. The first-order valence-electron chi connectivity index (χ1n) is 9.04. The Bertz CT molecular complexity index is 933. The molecule has 1 amide bonds. The van der Waals surface area contributed by atoms with E-state index < -0.39 is 0 Å². The second-order valence-corrected chi connectivity index (χ2v) is 8.27. The van der Waals surface area contributed by atoms with Crippen LogP contribution in [0.1, 0.15) is 31.9 Å². The second-order valence-electron chi connectivity index (χ2n) is 7.35. The minimum atomic E-state index is -0.310. The number of nitrogens with zero attached hydrogens (tertiary/aromatic N) is 2. The minimum absolute atomic E-state index is 0.0184. The van der Waals surface area contributed by atoms with Crippen LogP contribution < -0.4 is 15.1 Å². The van der Waals surface area contributed by atoms with Crippen LogP contribution in [0.5, 0.6) is 5.75 Å². The number of ether oxygens (including phenoxy) is 1. The van der Waals surface area contributed by atoms with Gasteiger partial charge in [0.2, 0.25) is 0 Å². The number of rotatable bonds is 5. The summed E-state index contributed by atoms with van der Waals surface area (Å²) in [5, 5.41) is 4.04. The summed E-state index contributed by atoms with van der Waals surface area (Å²) in [5.41, 5.74) is 7.01. The van der Waals surface area contributed by atoms with E-state index in [1.54, 1.807) is 18.3 Å². The van der Waals surface area contributed by atoms with Crippen LogP contribution in [0.15, 0.2) is 58.1 Å². The molecule has 5 nitrogen and oxygen atoms in total. The lowest BCUT2D eigenvalue weighted by molar-refractivity contribution is -0.123. The molecular weight excluding hydrogens is 418 g/mol. The van der Waals surface area contributed by atoms with Gasteiger partial charge in [0.25, 0.3) is 5.91 Å². The Morgan fingerprint density at radius 1 is 1.25 bits per heavy atom. The summed E-state index contributed by atoms with van der Waals surface area (Å²) in [4.78, 5) is 14.2. The van der Waals surface area contributed by atoms with Crippen molar-refractivity contribution in [1.82, 2.24) is 5.43 Å². The Hall–Kier alpha value is -2.60. The summed E-state index contributed by atoms with van der Waals surface area (Å²) in [6.45, 7) is 6.42. The van der Waals surface area contributed by atoms with Gasteiger partial charge in [0.05, 0.1) is 11.8 Å². The quantitative estimate of drug-likeness (QED) is 0.544. The number of fused-ring (bicyclic) bond motifs is 1. The van der Waals surface area contributed by atoms with Gasteiger partial charge in [-0.2, -0.15) is 5.10 Å². The molecule has 0 bridgehead atoms. The van der Waals surface area contributed by atoms with Gasteiger partial charge < -0.3 is 9.64 Å². The molecule has 0 saturated carbocycles. The zero-order valence-corrected chi connectivity index (χ0v) is 18.1. The van der Waals surface area contributed by atoms with E-state index in [9.17, 15) is 4.79 Å². The van der Waals surface area contributed by atoms with E-state index in [1.165, 1.54) is 16.8 Å². The van der Waals surface area contributed by atoms with E-state index in [0.29, 0.717) is 5.75 Å². The Labute approximate surface area is 174 Å². The first-order valence-corrected chi connectivity index (χ1v) is 9.83. The van der Waals surface area contributed by atoms with E-state index in [0.717, 1.165) is 10.0 Å². The fraction of sp³-hybridized carbons (Fsp3) is 0.273. The van der Waals surface area contributed by atoms with Crippen LogP contribution in [-0.4, -0.2) is 31.3 Å². The number of carbonyl (C=O) groups excluding carboxylic acids is 1. The molecule has 1 N–H and O–H groups in total. The van der Waals surface area contributed by atoms with Crippen LogP contribution >= 0.6 is 15.9 Å². The van der Waals surface area contributed by atoms with Crippen molar-refractivity contribution < 1.29 is 9.53 Å². The largest absolute Gasteiger partial charge is 0.484 e. The number of likely N-dealkylation sites (N-methyl/N-ethyl adjacent to an activating group) is 1. The molecule has 146 valence electrons. The molecule has 28 heavy (non-hydrogen) atoms. The number of amides is 1. The number of hydrogen-bond donors (Lipinski definition) is 1. The number of allylic oxidation sites excluding steroid dienone is 1. The van der Waals surface area contributed by atoms with E-state index >= 15 is 0 Å². The van der Waals surface area contributed by atoms with Crippen LogP contribution in [0.2, 0.25) is 0 Å². The van der Waals surface area contributed by atoms with E-state index in [2.05, 4.69) is 77.4 Å². The van der Waals surface area contributed by atoms with Gasteiger partial charge in [-0.25, -0.2) is 5.43 Å². The lowest BCUT2D eigenvalue weighted by Crippen LogP contribution is -2.42. The zero-order chi connectivity index (χ0) is 20.3. The molecule has 0 aliphatic carbocycles. The van der Waals surface area contributed by atoms with Crippen molar-refractivity contribution >= 4 is 39.3 Å². The van der Waals surface area contributed by atoms with Gasteiger partial charge in [-0.05, 0) is 68.3 Å². The Morgan fingerprint density at radius 2 is 1.96 bits per heavy atom. The molecule has 0 unspecified atom stereocenters. The van der Waals surface area contributed by atoms with Crippen LogP contribution in [-0.2, 0) is 4.79 Å². The average molecular weight is 442 g/mol. The van der Waals surface area contributed by atoms with Crippen molar-refractivity contribution in [2.24, 2.45) is 5.10 Å². The number of benzene rings is 2. The fourth-order valence-electron chi connectivity index (χ4n) is 3.15. The lowest BCUT2D eigenvalue weighted by Gasteiger charge is -2.40. The van der Waals surface area contributed by atoms with Gasteiger partial charge in [0, 0.05) is 22.8 Å². The highest BCUT2D eigenvalue weighted by Crippen LogP contribution is 2.37. The van der Waals surface area contributed by atoms with E-state index in [4.69, 9.17) is 4.74 Å². The number of hydrogen-bond acceptors (Lipinski definition) is 4. The molecule has 6 heteroatoms. The summed E-state index contributed by atoms with van der Waals surface area (Å²) >= 11 is 3.36. The van der Waals surface area contributed by atoms with Gasteiger partial charge >= 0.3 is 0 Å². The maximum atomic E-state index is 11.9. The van der Waals surface area contributed by atoms with Crippen molar-refractivity contribution in [2.75, 3.05) is 18.6 Å².